The van der Waals surface area contributed by atoms with Crippen molar-refractivity contribution in [3.05, 3.63) is 156 Å². The summed E-state index contributed by atoms with van der Waals surface area (Å²) in [5, 5.41) is 13.1. The molecule has 1 aliphatic carbocycles. The lowest BCUT2D eigenvalue weighted by molar-refractivity contribution is 1.12. The van der Waals surface area contributed by atoms with E-state index >= 15 is 0 Å². The highest BCUT2D eigenvalue weighted by Gasteiger charge is 2.20. The first-order valence-corrected chi connectivity index (χ1v) is 15.6. The van der Waals surface area contributed by atoms with Gasteiger partial charge in [0, 0.05) is 0 Å². The maximum Gasteiger partial charge on any atom is -0.00199 e. The second-order valence-electron chi connectivity index (χ2n) is 11.9. The van der Waals surface area contributed by atoms with Gasteiger partial charge in [-0.1, -0.05) is 152 Å². The fourth-order valence-electron chi connectivity index (χ4n) is 7.58. The number of hydrogen-bond acceptors (Lipinski definition) is 0. The third-order valence-electron chi connectivity index (χ3n) is 9.48. The Bertz CT molecular complexity index is 2480. The van der Waals surface area contributed by atoms with Crippen molar-refractivity contribution in [1.82, 2.24) is 0 Å². The van der Waals surface area contributed by atoms with E-state index in [9.17, 15) is 0 Å². The number of benzene rings is 8. The van der Waals surface area contributed by atoms with Gasteiger partial charge in [0.2, 0.25) is 0 Å². The summed E-state index contributed by atoms with van der Waals surface area (Å²) in [7, 11) is 0. The molecule has 0 bridgehead atoms. The van der Waals surface area contributed by atoms with Gasteiger partial charge in [0.25, 0.3) is 0 Å². The van der Waals surface area contributed by atoms with Crippen LogP contribution in [0.3, 0.4) is 0 Å². The molecule has 206 valence electrons. The lowest BCUT2D eigenvalue weighted by Crippen LogP contribution is -2.27. The van der Waals surface area contributed by atoms with E-state index in [1.54, 1.807) is 0 Å². The van der Waals surface area contributed by atoms with E-state index < -0.39 is 0 Å². The molecule has 0 saturated carbocycles. The van der Waals surface area contributed by atoms with Gasteiger partial charge >= 0.3 is 0 Å². The quantitative estimate of drug-likeness (QED) is 0.189. The van der Waals surface area contributed by atoms with Crippen molar-refractivity contribution in [3.8, 4) is 33.4 Å². The Labute approximate surface area is 256 Å². The first-order valence-electron chi connectivity index (χ1n) is 15.6. The minimum absolute atomic E-state index is 1.09. The highest BCUT2D eigenvalue weighted by molar-refractivity contribution is 6.25. The highest BCUT2D eigenvalue weighted by Crippen LogP contribution is 2.47. The van der Waals surface area contributed by atoms with Crippen LogP contribution in [0, 0.1) is 0 Å². The molecule has 0 fully saturated rings. The van der Waals surface area contributed by atoms with Crippen molar-refractivity contribution >= 4 is 55.2 Å². The molecule has 9 rings (SSSR count). The summed E-state index contributed by atoms with van der Waals surface area (Å²) < 4.78 is 0. The van der Waals surface area contributed by atoms with Gasteiger partial charge in [-0.3, -0.25) is 0 Å². The van der Waals surface area contributed by atoms with Crippen LogP contribution >= 0.6 is 0 Å². The van der Waals surface area contributed by atoms with Crippen molar-refractivity contribution in [3.63, 3.8) is 0 Å². The van der Waals surface area contributed by atoms with E-state index in [2.05, 4.69) is 158 Å². The van der Waals surface area contributed by atoms with Crippen LogP contribution in [0.25, 0.3) is 88.6 Å². The molecule has 8 aromatic rings. The Hall–Kier alpha value is -5.46. The van der Waals surface area contributed by atoms with Gasteiger partial charge in [-0.15, -0.1) is 0 Å². The summed E-state index contributed by atoms with van der Waals surface area (Å²) in [5.74, 6) is 0. The first kappa shape index (κ1) is 25.1. The van der Waals surface area contributed by atoms with E-state index in [1.165, 1.54) is 86.9 Å². The van der Waals surface area contributed by atoms with Crippen molar-refractivity contribution in [2.75, 3.05) is 0 Å². The van der Waals surface area contributed by atoms with Crippen LogP contribution in [0.2, 0.25) is 0 Å². The molecule has 0 aromatic heterocycles. The summed E-state index contributed by atoms with van der Waals surface area (Å²) in [6, 6.07) is 53.8. The lowest BCUT2D eigenvalue weighted by atomic mass is 9.82. The van der Waals surface area contributed by atoms with Crippen molar-refractivity contribution in [1.29, 1.82) is 0 Å². The second kappa shape index (κ2) is 10.1. The van der Waals surface area contributed by atoms with E-state index in [1.807, 2.05) is 0 Å². The molecule has 0 heterocycles. The largest absolute Gasteiger partial charge is 0.0763 e. The zero-order valence-corrected chi connectivity index (χ0v) is 24.4. The standard InChI is InChI=1S/C44H30/c1-2-14-29(15-3-1)32-26-27-41(35-20-8-6-19-34(32)35)43-37-22-10-12-24-39(37)44(40-25-13-11-23-38(40)43)42-28-30-16-4-5-17-31(30)33-18-7-9-21-36(33)42/h1-3,6-28H,4-5H2. The molecular weight excluding hydrogens is 528 g/mol. The topological polar surface area (TPSA) is 0 Å². The van der Waals surface area contributed by atoms with Crippen molar-refractivity contribution < 1.29 is 0 Å². The lowest BCUT2D eigenvalue weighted by Gasteiger charge is -2.21. The predicted octanol–water partition coefficient (Wildman–Crippen LogP) is 10.7. The van der Waals surface area contributed by atoms with Crippen LogP contribution in [0.5, 0.6) is 0 Å². The Morgan fingerprint density at radius 1 is 0.318 bits per heavy atom. The molecule has 0 nitrogen and oxygen atoms in total. The smallest absolute Gasteiger partial charge is 0.00199 e. The van der Waals surface area contributed by atoms with Gasteiger partial charge in [0.1, 0.15) is 0 Å². The maximum atomic E-state index is 2.45. The first-order chi connectivity index (χ1) is 21.9. The van der Waals surface area contributed by atoms with Gasteiger partial charge in [-0.05, 0) is 106 Å². The Kier molecular flexibility index (Phi) is 5.74. The zero-order chi connectivity index (χ0) is 29.0. The Morgan fingerprint density at radius 3 is 1.36 bits per heavy atom. The Balaban J connectivity index is 1.43. The molecule has 0 heteroatoms. The molecule has 0 aliphatic heterocycles. The minimum Gasteiger partial charge on any atom is -0.0763 e. The molecule has 0 spiro atoms. The number of rotatable bonds is 3. The second-order valence-corrected chi connectivity index (χ2v) is 11.9. The summed E-state index contributed by atoms with van der Waals surface area (Å²) in [4.78, 5) is 0. The van der Waals surface area contributed by atoms with E-state index in [0.29, 0.717) is 0 Å². The Morgan fingerprint density at radius 2 is 0.750 bits per heavy atom. The van der Waals surface area contributed by atoms with Crippen LogP contribution in [0.15, 0.2) is 146 Å². The van der Waals surface area contributed by atoms with Gasteiger partial charge in [-0.25, -0.2) is 0 Å². The fraction of sp³-hybridized carbons (Fsp3) is 0.0455. The van der Waals surface area contributed by atoms with E-state index in [-0.39, 0.29) is 0 Å². The molecule has 0 N–H and O–H groups in total. The molecule has 44 heavy (non-hydrogen) atoms. The summed E-state index contributed by atoms with van der Waals surface area (Å²) >= 11 is 0. The predicted molar refractivity (Wildman–Crippen MR) is 190 cm³/mol. The third kappa shape index (κ3) is 3.78. The number of fused-ring (bicyclic) bond motifs is 6. The average Bonchev–Trinajstić information content (AvgIpc) is 3.10. The molecule has 0 radical (unpaired) electrons. The van der Waals surface area contributed by atoms with Crippen LogP contribution in [0.1, 0.15) is 12.8 Å². The van der Waals surface area contributed by atoms with Gasteiger partial charge in [0.05, 0.1) is 0 Å². The van der Waals surface area contributed by atoms with Gasteiger partial charge < -0.3 is 0 Å². The van der Waals surface area contributed by atoms with Crippen LogP contribution < -0.4 is 10.4 Å². The molecule has 0 saturated heterocycles. The van der Waals surface area contributed by atoms with Gasteiger partial charge in [0.15, 0.2) is 0 Å². The molecule has 1 aliphatic rings. The summed E-state index contributed by atoms with van der Waals surface area (Å²) in [6.07, 6.45) is 7.04. The van der Waals surface area contributed by atoms with E-state index in [0.717, 1.165) is 12.8 Å². The summed E-state index contributed by atoms with van der Waals surface area (Å²) in [6.45, 7) is 0. The minimum atomic E-state index is 1.09. The van der Waals surface area contributed by atoms with Gasteiger partial charge in [-0.2, -0.15) is 0 Å². The molecule has 0 amide bonds. The molecular formula is C44H30. The molecule has 0 unspecified atom stereocenters. The van der Waals surface area contributed by atoms with E-state index in [4.69, 9.17) is 0 Å². The van der Waals surface area contributed by atoms with Crippen LogP contribution in [0.4, 0.5) is 0 Å². The molecule has 0 atom stereocenters. The zero-order valence-electron chi connectivity index (χ0n) is 24.4. The SMILES string of the molecule is C1=c2cc(-c3c4ccccc4c(-c4ccc(-c5ccccc5)c5ccccc45)c4ccccc34)c3ccccc3c2=CCC1. The van der Waals surface area contributed by atoms with Crippen LogP contribution in [-0.4, -0.2) is 0 Å². The molecule has 8 aromatic carbocycles. The van der Waals surface area contributed by atoms with Crippen molar-refractivity contribution in [2.45, 2.75) is 12.8 Å². The number of hydrogen-bond donors (Lipinski definition) is 0. The summed E-state index contributed by atoms with van der Waals surface area (Å²) in [5.41, 5.74) is 7.73. The fourth-order valence-corrected chi connectivity index (χ4v) is 7.58. The third-order valence-corrected chi connectivity index (χ3v) is 9.48. The van der Waals surface area contributed by atoms with Crippen molar-refractivity contribution in [2.24, 2.45) is 0 Å². The normalized spacial score (nSPS) is 12.7. The maximum absolute atomic E-state index is 2.45. The average molecular weight is 559 g/mol. The van der Waals surface area contributed by atoms with Crippen LogP contribution in [-0.2, 0) is 0 Å². The monoisotopic (exact) mass is 558 g/mol. The highest BCUT2D eigenvalue weighted by atomic mass is 14.2.